The summed E-state index contributed by atoms with van der Waals surface area (Å²) in [5.74, 6) is 0.897. The number of hydrogen-bond acceptors (Lipinski definition) is 2. The molecule has 2 aromatic rings. The maximum Gasteiger partial charge on any atom is 0.126 e. The number of hydrogen-bond donors (Lipinski definition) is 0. The number of unbranched alkanes of at least 4 members (excludes halogenated alkanes) is 1. The molecule has 0 aliphatic heterocycles. The third-order valence-corrected chi connectivity index (χ3v) is 3.01. The van der Waals surface area contributed by atoms with E-state index in [9.17, 15) is 0 Å². The lowest BCUT2D eigenvalue weighted by atomic mass is 9.97. The van der Waals surface area contributed by atoms with Crippen molar-refractivity contribution in [1.82, 2.24) is 4.98 Å². The minimum atomic E-state index is 0.897. The normalized spacial score (nSPS) is 11.4. The van der Waals surface area contributed by atoms with Crippen LogP contribution in [0.25, 0.3) is 5.57 Å². The monoisotopic (exact) mass is 253 g/mol. The number of para-hydroxylation sites is 1. The van der Waals surface area contributed by atoms with Crippen molar-refractivity contribution in [2.45, 2.75) is 19.8 Å². The Morgan fingerprint density at radius 1 is 1.21 bits per heavy atom. The van der Waals surface area contributed by atoms with E-state index in [0.717, 1.165) is 29.7 Å². The van der Waals surface area contributed by atoms with Crippen molar-refractivity contribution in [2.24, 2.45) is 0 Å². The molecular weight excluding hydrogens is 234 g/mol. The van der Waals surface area contributed by atoms with Crippen LogP contribution in [0, 0.1) is 0 Å². The number of aromatic nitrogens is 1. The Kier molecular flexibility index (Phi) is 4.73. The summed E-state index contributed by atoms with van der Waals surface area (Å²) in [5, 5.41) is 0. The second kappa shape index (κ2) is 6.74. The van der Waals surface area contributed by atoms with Gasteiger partial charge in [0.25, 0.3) is 0 Å². The lowest BCUT2D eigenvalue weighted by Gasteiger charge is -2.12. The molecule has 0 aliphatic carbocycles. The Morgan fingerprint density at radius 3 is 2.74 bits per heavy atom. The number of pyridine rings is 1. The van der Waals surface area contributed by atoms with Crippen molar-refractivity contribution in [3.05, 3.63) is 66.0 Å². The fourth-order valence-electron chi connectivity index (χ4n) is 2.06. The predicted molar refractivity (Wildman–Crippen MR) is 79.2 cm³/mol. The second-order valence-corrected chi connectivity index (χ2v) is 4.35. The smallest absolute Gasteiger partial charge is 0.126 e. The number of allylic oxidation sites excluding steroid dienone is 1. The van der Waals surface area contributed by atoms with E-state index in [1.807, 2.05) is 30.5 Å². The summed E-state index contributed by atoms with van der Waals surface area (Å²) < 4.78 is 5.47. The van der Waals surface area contributed by atoms with E-state index in [1.54, 1.807) is 13.3 Å². The van der Waals surface area contributed by atoms with E-state index < -0.39 is 0 Å². The Bertz CT molecular complexity index is 546. The van der Waals surface area contributed by atoms with Crippen LogP contribution < -0.4 is 4.74 Å². The molecule has 2 heteroatoms. The van der Waals surface area contributed by atoms with Gasteiger partial charge in [0.05, 0.1) is 7.11 Å². The van der Waals surface area contributed by atoms with Gasteiger partial charge in [-0.25, -0.2) is 0 Å². The summed E-state index contributed by atoms with van der Waals surface area (Å²) in [7, 11) is 1.71. The zero-order chi connectivity index (χ0) is 13.5. The van der Waals surface area contributed by atoms with E-state index in [0.29, 0.717) is 0 Å². The third-order valence-electron chi connectivity index (χ3n) is 3.01. The van der Waals surface area contributed by atoms with Crippen molar-refractivity contribution in [1.29, 1.82) is 0 Å². The van der Waals surface area contributed by atoms with Crippen LogP contribution in [0.2, 0.25) is 0 Å². The molecule has 0 unspecified atom stereocenters. The molecule has 1 aromatic carbocycles. The molecule has 0 bridgehead atoms. The first-order valence-electron chi connectivity index (χ1n) is 6.60. The molecule has 0 radical (unpaired) electrons. The number of methoxy groups -OCH3 is 1. The average molecular weight is 253 g/mol. The van der Waals surface area contributed by atoms with Gasteiger partial charge in [-0.15, -0.1) is 0 Å². The standard InChI is InChI=1S/C17H19NO/c1-3-4-9-15(14-8-7-12-18-13-14)16-10-5-6-11-17(16)19-2/h5-13H,3-4H2,1-2H3. The van der Waals surface area contributed by atoms with E-state index in [4.69, 9.17) is 4.74 Å². The van der Waals surface area contributed by atoms with Gasteiger partial charge in [0, 0.05) is 23.5 Å². The van der Waals surface area contributed by atoms with Crippen molar-refractivity contribution < 1.29 is 4.74 Å². The van der Waals surface area contributed by atoms with Gasteiger partial charge in [-0.3, -0.25) is 4.98 Å². The lowest BCUT2D eigenvalue weighted by molar-refractivity contribution is 0.413. The van der Waals surface area contributed by atoms with Crippen LogP contribution in [0.5, 0.6) is 5.75 Å². The fraction of sp³-hybridized carbons (Fsp3) is 0.235. The van der Waals surface area contributed by atoms with Crippen LogP contribution in [0.15, 0.2) is 54.9 Å². The first-order chi connectivity index (χ1) is 9.36. The predicted octanol–water partition coefficient (Wildman–Crippen LogP) is 4.32. The topological polar surface area (TPSA) is 22.1 Å². The molecule has 0 aliphatic rings. The molecule has 19 heavy (non-hydrogen) atoms. The minimum absolute atomic E-state index is 0.897. The van der Waals surface area contributed by atoms with Crippen LogP contribution in [-0.2, 0) is 0 Å². The number of ether oxygens (including phenoxy) is 1. The van der Waals surface area contributed by atoms with E-state index in [-0.39, 0.29) is 0 Å². The molecule has 2 rings (SSSR count). The summed E-state index contributed by atoms with van der Waals surface area (Å²) >= 11 is 0. The number of benzene rings is 1. The van der Waals surface area contributed by atoms with E-state index >= 15 is 0 Å². The van der Waals surface area contributed by atoms with Gasteiger partial charge in [-0.2, -0.15) is 0 Å². The molecule has 2 nitrogen and oxygen atoms in total. The summed E-state index contributed by atoms with van der Waals surface area (Å²) in [6, 6.07) is 12.2. The highest BCUT2D eigenvalue weighted by molar-refractivity contribution is 5.82. The van der Waals surface area contributed by atoms with Crippen LogP contribution >= 0.6 is 0 Å². The van der Waals surface area contributed by atoms with Gasteiger partial charge in [0.15, 0.2) is 0 Å². The van der Waals surface area contributed by atoms with Gasteiger partial charge in [0.2, 0.25) is 0 Å². The van der Waals surface area contributed by atoms with Crippen LogP contribution in [-0.4, -0.2) is 12.1 Å². The van der Waals surface area contributed by atoms with Gasteiger partial charge in [0.1, 0.15) is 5.75 Å². The van der Waals surface area contributed by atoms with Crippen LogP contribution in [0.1, 0.15) is 30.9 Å². The molecule has 0 saturated heterocycles. The van der Waals surface area contributed by atoms with Crippen molar-refractivity contribution in [3.8, 4) is 5.75 Å². The minimum Gasteiger partial charge on any atom is -0.496 e. The number of nitrogens with zero attached hydrogens (tertiary/aromatic N) is 1. The van der Waals surface area contributed by atoms with E-state index in [1.165, 1.54) is 5.57 Å². The Labute approximate surface area is 114 Å². The quantitative estimate of drug-likeness (QED) is 0.791. The molecule has 1 aromatic heterocycles. The fourth-order valence-corrected chi connectivity index (χ4v) is 2.06. The Balaban J connectivity index is 2.50. The zero-order valence-corrected chi connectivity index (χ0v) is 11.5. The average Bonchev–Trinajstić information content (AvgIpc) is 2.49. The highest BCUT2D eigenvalue weighted by Gasteiger charge is 2.09. The van der Waals surface area contributed by atoms with Crippen molar-refractivity contribution in [2.75, 3.05) is 7.11 Å². The Morgan fingerprint density at radius 2 is 2.05 bits per heavy atom. The second-order valence-electron chi connectivity index (χ2n) is 4.35. The molecule has 0 atom stereocenters. The third kappa shape index (κ3) is 3.22. The van der Waals surface area contributed by atoms with Gasteiger partial charge >= 0.3 is 0 Å². The molecular formula is C17H19NO. The first-order valence-corrected chi connectivity index (χ1v) is 6.60. The molecule has 1 heterocycles. The highest BCUT2D eigenvalue weighted by atomic mass is 16.5. The lowest BCUT2D eigenvalue weighted by Crippen LogP contribution is -1.94. The first kappa shape index (κ1) is 13.3. The van der Waals surface area contributed by atoms with Crippen LogP contribution in [0.4, 0.5) is 0 Å². The largest absolute Gasteiger partial charge is 0.496 e. The molecule has 0 saturated carbocycles. The molecule has 98 valence electrons. The zero-order valence-electron chi connectivity index (χ0n) is 11.5. The molecule has 0 amide bonds. The van der Waals surface area contributed by atoms with Crippen molar-refractivity contribution in [3.63, 3.8) is 0 Å². The molecule has 0 fully saturated rings. The molecule has 0 spiro atoms. The summed E-state index contributed by atoms with van der Waals surface area (Å²) in [5.41, 5.74) is 3.43. The van der Waals surface area contributed by atoms with Gasteiger partial charge in [-0.05, 0) is 24.1 Å². The maximum absolute atomic E-state index is 5.47. The summed E-state index contributed by atoms with van der Waals surface area (Å²) in [6.07, 6.45) is 8.12. The maximum atomic E-state index is 5.47. The summed E-state index contributed by atoms with van der Waals surface area (Å²) in [4.78, 5) is 4.21. The van der Waals surface area contributed by atoms with E-state index in [2.05, 4.69) is 30.1 Å². The summed E-state index contributed by atoms with van der Waals surface area (Å²) in [6.45, 7) is 2.18. The molecule has 0 N–H and O–H groups in total. The van der Waals surface area contributed by atoms with Gasteiger partial charge < -0.3 is 4.74 Å². The van der Waals surface area contributed by atoms with Gasteiger partial charge in [-0.1, -0.05) is 43.7 Å². The number of rotatable bonds is 5. The highest BCUT2D eigenvalue weighted by Crippen LogP contribution is 2.30. The SMILES string of the molecule is CCCC=C(c1cccnc1)c1ccccc1OC. The Hall–Kier alpha value is -2.09. The van der Waals surface area contributed by atoms with Crippen LogP contribution in [0.3, 0.4) is 0 Å². The van der Waals surface area contributed by atoms with Crippen molar-refractivity contribution >= 4 is 5.57 Å².